The fourth-order valence-electron chi connectivity index (χ4n) is 3.15. The summed E-state index contributed by atoms with van der Waals surface area (Å²) < 4.78 is 11.7. The Morgan fingerprint density at radius 3 is 2.38 bits per heavy atom. The molecule has 1 aliphatic rings. The second kappa shape index (κ2) is 11.3. The Bertz CT molecular complexity index is 1080. The zero-order valence-corrected chi connectivity index (χ0v) is 19.7. The van der Waals surface area contributed by atoms with Gasteiger partial charge in [-0.25, -0.2) is 10.1 Å². The number of benzene rings is 2. The molecule has 0 radical (unpaired) electrons. The first-order chi connectivity index (χ1) is 16.3. The van der Waals surface area contributed by atoms with Crippen molar-refractivity contribution < 1.29 is 29.6 Å². The summed E-state index contributed by atoms with van der Waals surface area (Å²) in [6, 6.07) is 11.7. The maximum atomic E-state index is 12.8. The molecule has 1 atom stereocenters. The average molecular weight is 469 g/mol. The van der Waals surface area contributed by atoms with E-state index in [1.807, 2.05) is 6.92 Å². The highest BCUT2D eigenvalue weighted by molar-refractivity contribution is 6.08. The number of nitrogens with one attached hydrogen (secondary N) is 2. The van der Waals surface area contributed by atoms with Gasteiger partial charge >= 0.3 is 5.91 Å². The van der Waals surface area contributed by atoms with Crippen molar-refractivity contribution in [2.75, 3.05) is 26.7 Å². The molecule has 3 rings (SSSR count). The maximum Gasteiger partial charge on any atom is 0.339 e. The topological polar surface area (TPSA) is 128 Å². The molecule has 9 heteroatoms. The van der Waals surface area contributed by atoms with Crippen molar-refractivity contribution in [3.8, 4) is 17.2 Å². The number of ether oxygens (including phenoxy) is 2. The van der Waals surface area contributed by atoms with Crippen molar-refractivity contribution in [1.29, 1.82) is 0 Å². The van der Waals surface area contributed by atoms with Crippen LogP contribution in [-0.4, -0.2) is 60.5 Å². The standard InChI is InChI=1S/C25H30N4O5/c1-16(27-3)11-23(26)28-24(31)19-12-21(33-17(2)15-30)14-22(13-19)34-20-7-5-18(6-8-20)25(32)29-9-4-10-29/h5-8,11-14,17,27,30H,4,9-10,15H2,1-3H3,(H2,26,28,31)/p+2/b16-11-/t17-/m0/s1. The minimum Gasteiger partial charge on any atom is -0.483 e. The van der Waals surface area contributed by atoms with Crippen LogP contribution < -0.4 is 25.5 Å². The summed E-state index contributed by atoms with van der Waals surface area (Å²) in [5, 5.41) is 19.0. The monoisotopic (exact) mass is 468 g/mol. The van der Waals surface area contributed by atoms with E-state index in [-0.39, 0.29) is 30.0 Å². The van der Waals surface area contributed by atoms with Gasteiger partial charge in [-0.05, 0) is 56.7 Å². The molecule has 0 aromatic heterocycles. The minimum absolute atomic E-state index is 0.00735. The van der Waals surface area contributed by atoms with Gasteiger partial charge in [0.2, 0.25) is 0 Å². The molecular formula is C25H32N4O5+2. The Morgan fingerprint density at radius 2 is 1.79 bits per heavy atom. The van der Waals surface area contributed by atoms with Gasteiger partial charge in [0.15, 0.2) is 12.7 Å². The fourth-order valence-corrected chi connectivity index (χ4v) is 3.15. The van der Waals surface area contributed by atoms with Crippen molar-refractivity contribution in [2.45, 2.75) is 26.4 Å². The van der Waals surface area contributed by atoms with Crippen molar-refractivity contribution >= 4 is 17.6 Å². The molecule has 6 N–H and O–H groups in total. The number of nitrogens with zero attached hydrogens (tertiary/aromatic N) is 1. The molecule has 2 amide bonds. The number of carbonyl (C=O) groups excluding carboxylic acids is 2. The third-order valence-electron chi connectivity index (χ3n) is 5.27. The molecular weight excluding hydrogens is 436 g/mol. The number of rotatable bonds is 9. The van der Waals surface area contributed by atoms with E-state index in [1.54, 1.807) is 67.4 Å². The number of amides is 2. The lowest BCUT2D eigenvalue weighted by Crippen LogP contribution is -2.50. The number of nitrogens with two attached hydrogens (primary N) is 1. The number of likely N-dealkylation sites (tertiary alicyclic amines) is 1. The second-order valence-corrected chi connectivity index (χ2v) is 8.08. The Morgan fingerprint density at radius 1 is 1.12 bits per heavy atom. The molecule has 0 saturated carbocycles. The van der Waals surface area contributed by atoms with Crippen LogP contribution in [0.4, 0.5) is 0 Å². The third-order valence-corrected chi connectivity index (χ3v) is 5.27. The van der Waals surface area contributed by atoms with E-state index in [0.717, 1.165) is 25.2 Å². The summed E-state index contributed by atoms with van der Waals surface area (Å²) in [5.74, 6) is 1.05. The predicted octanol–water partition coefficient (Wildman–Crippen LogP) is 0.827. The van der Waals surface area contributed by atoms with Crippen LogP contribution in [-0.2, 0) is 0 Å². The Kier molecular flexibility index (Phi) is 8.26. The Labute approximate surface area is 198 Å². The molecule has 180 valence electrons. The van der Waals surface area contributed by atoms with Crippen molar-refractivity contribution in [2.24, 2.45) is 0 Å². The summed E-state index contributed by atoms with van der Waals surface area (Å²) >= 11 is 0. The van der Waals surface area contributed by atoms with Crippen LogP contribution in [0.15, 0.2) is 54.2 Å². The van der Waals surface area contributed by atoms with E-state index in [2.05, 4.69) is 10.6 Å². The van der Waals surface area contributed by atoms with Crippen LogP contribution in [0.2, 0.25) is 0 Å². The highest BCUT2D eigenvalue weighted by Crippen LogP contribution is 2.29. The fraction of sp³-hybridized carbons (Fsp3) is 0.320. The first-order valence-electron chi connectivity index (χ1n) is 11.1. The van der Waals surface area contributed by atoms with Gasteiger partial charge in [0.25, 0.3) is 11.7 Å². The highest BCUT2D eigenvalue weighted by Gasteiger charge is 2.21. The lowest BCUT2D eigenvalue weighted by molar-refractivity contribution is -0.115. The summed E-state index contributed by atoms with van der Waals surface area (Å²) in [6.45, 7) is 5.23. The molecule has 1 aliphatic heterocycles. The predicted molar refractivity (Wildman–Crippen MR) is 129 cm³/mol. The van der Waals surface area contributed by atoms with E-state index in [0.29, 0.717) is 22.8 Å². The molecule has 0 aliphatic carbocycles. The van der Waals surface area contributed by atoms with Crippen molar-refractivity contribution in [3.05, 3.63) is 65.4 Å². The number of allylic oxidation sites excluding steroid dienone is 1. The summed E-state index contributed by atoms with van der Waals surface area (Å²) in [4.78, 5) is 27.0. The molecule has 0 unspecified atom stereocenters. The van der Waals surface area contributed by atoms with Gasteiger partial charge in [-0.2, -0.15) is 0 Å². The molecule has 0 bridgehead atoms. The van der Waals surface area contributed by atoms with E-state index in [4.69, 9.17) is 20.0 Å². The van der Waals surface area contributed by atoms with E-state index in [1.165, 1.54) is 0 Å². The van der Waals surface area contributed by atoms with Gasteiger partial charge in [0.05, 0.1) is 5.56 Å². The lowest BCUT2D eigenvalue weighted by atomic mass is 10.1. The van der Waals surface area contributed by atoms with Crippen LogP contribution in [0, 0.1) is 0 Å². The molecule has 2 aromatic rings. The summed E-state index contributed by atoms with van der Waals surface area (Å²) in [5.41, 5.74) is 1.68. The van der Waals surface area contributed by atoms with Gasteiger partial charge in [-0.3, -0.25) is 10.2 Å². The Balaban J connectivity index is 1.80. The van der Waals surface area contributed by atoms with Crippen LogP contribution in [0.5, 0.6) is 17.2 Å². The number of hydrogen-bond acceptors (Lipinski definition) is 5. The molecule has 1 saturated heterocycles. The molecule has 1 heterocycles. The Hall–Kier alpha value is -3.85. The third kappa shape index (κ3) is 6.58. The summed E-state index contributed by atoms with van der Waals surface area (Å²) in [6.07, 6.45) is 2.28. The average Bonchev–Trinajstić information content (AvgIpc) is 2.77. The molecule has 2 aromatic carbocycles. The smallest absolute Gasteiger partial charge is 0.339 e. The first kappa shape index (κ1) is 24.8. The normalized spacial score (nSPS) is 14.0. The molecule has 9 nitrogen and oxygen atoms in total. The van der Waals surface area contributed by atoms with Gasteiger partial charge in [-0.1, -0.05) is 0 Å². The number of carbonyl (C=O) groups is 2. The van der Waals surface area contributed by atoms with Crippen LogP contribution in [0.1, 0.15) is 41.0 Å². The zero-order valence-electron chi connectivity index (χ0n) is 19.7. The maximum absolute atomic E-state index is 12.8. The van der Waals surface area contributed by atoms with Gasteiger partial charge < -0.3 is 24.8 Å². The molecule has 34 heavy (non-hydrogen) atoms. The number of amidine groups is 1. The van der Waals surface area contributed by atoms with E-state index < -0.39 is 5.91 Å². The van der Waals surface area contributed by atoms with Crippen LogP contribution in [0.3, 0.4) is 0 Å². The minimum atomic E-state index is -0.429. The zero-order chi connectivity index (χ0) is 24.7. The summed E-state index contributed by atoms with van der Waals surface area (Å²) in [7, 11) is 1.76. The van der Waals surface area contributed by atoms with E-state index in [9.17, 15) is 9.59 Å². The highest BCUT2D eigenvalue weighted by atomic mass is 16.5. The SMILES string of the molecule is CN/C(C)=C\C(=[NH2+])NC(=O)c1cc(Oc2ccc(C(=O)N3CCC3)cc2)cc(O[C@@H](C)C[OH2+])c1. The molecule has 1 fully saturated rings. The van der Waals surface area contributed by atoms with Crippen molar-refractivity contribution in [3.63, 3.8) is 0 Å². The number of hydrogen-bond donors (Lipinski definition) is 3. The van der Waals surface area contributed by atoms with Crippen LogP contribution in [0.25, 0.3) is 0 Å². The quantitative estimate of drug-likeness (QED) is 0.285. The first-order valence-corrected chi connectivity index (χ1v) is 11.1. The van der Waals surface area contributed by atoms with Crippen LogP contribution >= 0.6 is 0 Å². The van der Waals surface area contributed by atoms with E-state index >= 15 is 0 Å². The largest absolute Gasteiger partial charge is 0.483 e. The second-order valence-electron chi connectivity index (χ2n) is 8.08. The molecule has 0 spiro atoms. The van der Waals surface area contributed by atoms with Crippen molar-refractivity contribution in [1.82, 2.24) is 15.5 Å². The van der Waals surface area contributed by atoms with Gasteiger partial charge in [0, 0.05) is 43.5 Å². The van der Waals surface area contributed by atoms with Gasteiger partial charge in [-0.15, -0.1) is 0 Å². The van der Waals surface area contributed by atoms with Gasteiger partial charge in [0.1, 0.15) is 17.2 Å². The lowest BCUT2D eigenvalue weighted by Gasteiger charge is -2.30.